The lowest BCUT2D eigenvalue weighted by Gasteiger charge is -2.26. The molecular weight excluding hydrogens is 153 g/mol. The van der Waals surface area contributed by atoms with Crippen LogP contribution >= 0.6 is 12.2 Å². The van der Waals surface area contributed by atoms with Gasteiger partial charge in [0.05, 0.1) is 25.3 Å². The molecule has 0 saturated carbocycles. The van der Waals surface area contributed by atoms with Crippen molar-refractivity contribution in [3.05, 3.63) is 0 Å². The third-order valence-corrected chi connectivity index (χ3v) is 1.75. The Labute approximate surface area is 64.7 Å². The molecule has 4 heteroatoms. The zero-order valence-electron chi connectivity index (χ0n) is 5.55. The van der Waals surface area contributed by atoms with E-state index < -0.39 is 0 Å². The van der Waals surface area contributed by atoms with Crippen molar-refractivity contribution in [1.82, 2.24) is 5.32 Å². The smallest absolute Gasteiger partial charge is 0.107 e. The van der Waals surface area contributed by atoms with Gasteiger partial charge in [-0.2, -0.15) is 0 Å². The van der Waals surface area contributed by atoms with E-state index in [1.807, 2.05) is 0 Å². The maximum atomic E-state index is 12.0. The summed E-state index contributed by atoms with van der Waals surface area (Å²) in [5.41, 5.74) is 0. The number of ether oxygens (including phenoxy) is 1. The molecule has 1 fully saturated rings. The predicted molar refractivity (Wildman–Crippen MR) is 41.2 cm³/mol. The van der Waals surface area contributed by atoms with Crippen LogP contribution in [-0.2, 0) is 4.74 Å². The first-order chi connectivity index (χ1) is 4.86. The van der Waals surface area contributed by atoms with Crippen LogP contribution in [0.1, 0.15) is 0 Å². The number of thiocarbonyl (C=S) groups is 1. The Morgan fingerprint density at radius 2 is 2.50 bits per heavy atom. The van der Waals surface area contributed by atoms with Gasteiger partial charge in [0.25, 0.3) is 0 Å². The summed E-state index contributed by atoms with van der Waals surface area (Å²) in [6.07, 6.45) is 0. The molecule has 1 N–H and O–H groups in total. The lowest BCUT2D eigenvalue weighted by Crippen LogP contribution is -2.50. The van der Waals surface area contributed by atoms with Gasteiger partial charge in [-0.25, -0.2) is 4.39 Å². The Kier molecular flexibility index (Phi) is 3.18. The summed E-state index contributed by atoms with van der Waals surface area (Å²) in [5.74, 6) is 0. The first-order valence-electron chi connectivity index (χ1n) is 3.22. The second kappa shape index (κ2) is 3.95. The fourth-order valence-electron chi connectivity index (χ4n) is 0.904. The van der Waals surface area contributed by atoms with E-state index in [1.165, 1.54) is 0 Å². The molecule has 2 atom stereocenters. The maximum Gasteiger partial charge on any atom is 0.107 e. The molecule has 0 aromatic rings. The Balaban J connectivity index is 2.31. The van der Waals surface area contributed by atoms with E-state index in [0.717, 1.165) is 0 Å². The lowest BCUT2D eigenvalue weighted by atomic mass is 10.2. The summed E-state index contributed by atoms with van der Waals surface area (Å²) in [5, 5.41) is 4.56. The average molecular weight is 163 g/mol. The van der Waals surface area contributed by atoms with Crippen LogP contribution in [0.5, 0.6) is 0 Å². The molecule has 1 aliphatic heterocycles. The van der Waals surface area contributed by atoms with Crippen LogP contribution in [0.15, 0.2) is 0 Å². The van der Waals surface area contributed by atoms with Crippen LogP contribution < -0.4 is 5.32 Å². The molecule has 1 saturated heterocycles. The zero-order valence-corrected chi connectivity index (χ0v) is 6.36. The van der Waals surface area contributed by atoms with Crippen LogP contribution in [0.3, 0.4) is 0 Å². The molecule has 0 aromatic heterocycles. The topological polar surface area (TPSA) is 21.3 Å². The van der Waals surface area contributed by atoms with Crippen LogP contribution in [0, 0.1) is 0 Å². The number of nitrogens with one attached hydrogen (secondary N) is 1. The summed E-state index contributed by atoms with van der Waals surface area (Å²) in [4.78, 5) is 0. The summed E-state index contributed by atoms with van der Waals surface area (Å²) < 4.78 is 17.1. The van der Waals surface area contributed by atoms with Gasteiger partial charge in [-0.1, -0.05) is 12.2 Å². The molecule has 0 bridgehead atoms. The van der Waals surface area contributed by atoms with E-state index in [-0.39, 0.29) is 18.8 Å². The van der Waals surface area contributed by atoms with Gasteiger partial charge in [0.15, 0.2) is 0 Å². The molecule has 0 aliphatic carbocycles. The van der Waals surface area contributed by atoms with Crippen LogP contribution in [0.2, 0.25) is 0 Å². The van der Waals surface area contributed by atoms with E-state index in [2.05, 4.69) is 17.5 Å². The highest BCUT2D eigenvalue weighted by Crippen LogP contribution is 1.98. The van der Waals surface area contributed by atoms with Gasteiger partial charge in [0, 0.05) is 0 Å². The standard InChI is InChI=1S/C6H10FNOS/c7-1-5-2-9-3-6(4-10)8-5/h4-6,8H,1-3H2. The Morgan fingerprint density at radius 1 is 1.70 bits per heavy atom. The molecule has 2 nitrogen and oxygen atoms in total. The van der Waals surface area contributed by atoms with Crippen molar-refractivity contribution in [3.8, 4) is 0 Å². The van der Waals surface area contributed by atoms with Crippen LogP contribution in [0.4, 0.5) is 4.39 Å². The fourth-order valence-corrected chi connectivity index (χ4v) is 1.06. The Morgan fingerprint density at radius 3 is 3.10 bits per heavy atom. The Hall–Kier alpha value is -0.0600. The van der Waals surface area contributed by atoms with Crippen molar-refractivity contribution in [1.29, 1.82) is 0 Å². The van der Waals surface area contributed by atoms with Crippen molar-refractivity contribution in [2.45, 2.75) is 12.1 Å². The maximum absolute atomic E-state index is 12.0. The highest BCUT2D eigenvalue weighted by molar-refractivity contribution is 7.79. The average Bonchev–Trinajstić information content (AvgIpc) is 2.05. The van der Waals surface area contributed by atoms with Gasteiger partial charge in [-0.15, -0.1) is 0 Å². The molecule has 0 spiro atoms. The number of halogens is 1. The predicted octanol–water partition coefficient (Wildman–Crippen LogP) is 0.313. The van der Waals surface area contributed by atoms with E-state index in [9.17, 15) is 4.39 Å². The number of morpholine rings is 1. The molecule has 1 rings (SSSR count). The molecule has 0 amide bonds. The fraction of sp³-hybridized carbons (Fsp3) is 0.833. The van der Waals surface area contributed by atoms with Gasteiger partial charge >= 0.3 is 0 Å². The highest BCUT2D eigenvalue weighted by Gasteiger charge is 2.18. The van der Waals surface area contributed by atoms with E-state index in [0.29, 0.717) is 13.2 Å². The van der Waals surface area contributed by atoms with Crippen molar-refractivity contribution < 1.29 is 9.13 Å². The van der Waals surface area contributed by atoms with Crippen LogP contribution in [-0.4, -0.2) is 37.3 Å². The largest absolute Gasteiger partial charge is 0.378 e. The van der Waals surface area contributed by atoms with Gasteiger partial charge in [-0.05, 0) is 5.37 Å². The molecule has 2 unspecified atom stereocenters. The SMILES string of the molecule is FCC1COCC(C=S)N1. The minimum atomic E-state index is -0.389. The summed E-state index contributed by atoms with van der Waals surface area (Å²) in [7, 11) is 0. The number of alkyl halides is 1. The summed E-state index contributed by atoms with van der Waals surface area (Å²) in [6, 6.07) is -0.123. The van der Waals surface area contributed by atoms with Gasteiger partial charge in [0.1, 0.15) is 6.67 Å². The number of rotatable bonds is 2. The Bertz CT molecular complexity index is 122. The molecule has 0 aromatic carbocycles. The highest BCUT2D eigenvalue weighted by atomic mass is 32.1. The molecule has 0 radical (unpaired) electrons. The molecular formula is C6H10FNOS. The van der Waals surface area contributed by atoms with E-state index in [1.54, 1.807) is 5.37 Å². The van der Waals surface area contributed by atoms with Gasteiger partial charge < -0.3 is 10.1 Å². The van der Waals surface area contributed by atoms with Crippen LogP contribution in [0.25, 0.3) is 0 Å². The van der Waals surface area contributed by atoms with E-state index in [4.69, 9.17) is 4.74 Å². The quantitative estimate of drug-likeness (QED) is 0.592. The van der Waals surface area contributed by atoms with Gasteiger partial charge in [-0.3, -0.25) is 0 Å². The van der Waals surface area contributed by atoms with Gasteiger partial charge in [0.2, 0.25) is 0 Å². The number of hydrogen-bond donors (Lipinski definition) is 1. The molecule has 1 heterocycles. The molecule has 1 aliphatic rings. The minimum absolute atomic E-state index is 0.0458. The monoisotopic (exact) mass is 163 g/mol. The van der Waals surface area contributed by atoms with Crippen molar-refractivity contribution in [2.75, 3.05) is 19.9 Å². The number of hydrogen-bond acceptors (Lipinski definition) is 3. The third-order valence-electron chi connectivity index (χ3n) is 1.42. The second-order valence-corrected chi connectivity index (χ2v) is 2.57. The molecule has 10 heavy (non-hydrogen) atoms. The van der Waals surface area contributed by atoms with Crippen molar-refractivity contribution in [2.24, 2.45) is 0 Å². The normalized spacial score (nSPS) is 33.7. The second-order valence-electron chi connectivity index (χ2n) is 2.30. The van der Waals surface area contributed by atoms with Crippen molar-refractivity contribution >= 4 is 17.6 Å². The summed E-state index contributed by atoms with van der Waals surface area (Å²) in [6.45, 7) is 0.635. The molecule has 58 valence electrons. The third kappa shape index (κ3) is 1.97. The first kappa shape index (κ1) is 8.04. The first-order valence-corrected chi connectivity index (χ1v) is 3.69. The lowest BCUT2D eigenvalue weighted by molar-refractivity contribution is 0.0564. The minimum Gasteiger partial charge on any atom is -0.378 e. The van der Waals surface area contributed by atoms with Crippen molar-refractivity contribution in [3.63, 3.8) is 0 Å². The zero-order chi connectivity index (χ0) is 7.40. The van der Waals surface area contributed by atoms with E-state index >= 15 is 0 Å². The summed E-state index contributed by atoms with van der Waals surface area (Å²) >= 11 is 4.68.